The minimum atomic E-state index is -0.948. The number of carboxylic acids is 1. The summed E-state index contributed by atoms with van der Waals surface area (Å²) in [5, 5.41) is 8.86. The zero-order valence-electron chi connectivity index (χ0n) is 12.3. The summed E-state index contributed by atoms with van der Waals surface area (Å²) >= 11 is 0. The van der Waals surface area contributed by atoms with Crippen LogP contribution in [0.2, 0.25) is 0 Å². The predicted molar refractivity (Wildman–Crippen MR) is 80.0 cm³/mol. The van der Waals surface area contributed by atoms with Gasteiger partial charge in [0.25, 0.3) is 0 Å². The van der Waals surface area contributed by atoms with Crippen molar-refractivity contribution in [3.63, 3.8) is 0 Å². The van der Waals surface area contributed by atoms with Crippen molar-refractivity contribution < 1.29 is 9.90 Å². The van der Waals surface area contributed by atoms with Gasteiger partial charge in [0, 0.05) is 6.20 Å². The first-order valence-electron chi connectivity index (χ1n) is 7.90. The zero-order chi connectivity index (χ0) is 14.4. The summed E-state index contributed by atoms with van der Waals surface area (Å²) in [5.41, 5.74) is 1.35. The highest BCUT2D eigenvalue weighted by Crippen LogP contribution is 2.37. The third-order valence-electron chi connectivity index (χ3n) is 4.54. The van der Waals surface area contributed by atoms with Gasteiger partial charge < -0.3 is 5.11 Å². The van der Waals surface area contributed by atoms with E-state index in [0.717, 1.165) is 5.92 Å². The Kier molecular flexibility index (Phi) is 5.57. The summed E-state index contributed by atoms with van der Waals surface area (Å²) in [7, 11) is 0. The Hall–Kier alpha value is -1.38. The molecule has 3 nitrogen and oxygen atoms in total. The molecule has 20 heavy (non-hydrogen) atoms. The lowest BCUT2D eigenvalue weighted by Gasteiger charge is -2.28. The topological polar surface area (TPSA) is 50.2 Å². The van der Waals surface area contributed by atoms with Crippen LogP contribution in [0.1, 0.15) is 80.3 Å². The van der Waals surface area contributed by atoms with E-state index in [1.807, 2.05) is 6.07 Å². The molecule has 2 rings (SSSR count). The summed E-state index contributed by atoms with van der Waals surface area (Å²) in [4.78, 5) is 14.8. The van der Waals surface area contributed by atoms with Crippen molar-refractivity contribution in [3.05, 3.63) is 29.6 Å². The van der Waals surface area contributed by atoms with Crippen LogP contribution < -0.4 is 0 Å². The van der Waals surface area contributed by atoms with Crippen molar-refractivity contribution in [3.8, 4) is 0 Å². The second kappa shape index (κ2) is 7.41. The number of hydrogen-bond donors (Lipinski definition) is 1. The van der Waals surface area contributed by atoms with Gasteiger partial charge in [0.1, 0.15) is 5.69 Å². The van der Waals surface area contributed by atoms with Gasteiger partial charge in [0.05, 0.1) is 0 Å². The van der Waals surface area contributed by atoms with Crippen LogP contribution in [-0.2, 0) is 0 Å². The predicted octanol–water partition coefficient (Wildman–Crippen LogP) is 4.63. The Morgan fingerprint density at radius 2 is 2.00 bits per heavy atom. The fourth-order valence-electron chi connectivity index (χ4n) is 3.24. The summed E-state index contributed by atoms with van der Waals surface area (Å²) in [6.45, 7) is 2.25. The van der Waals surface area contributed by atoms with Crippen molar-refractivity contribution in [2.75, 3.05) is 0 Å². The fourth-order valence-corrected chi connectivity index (χ4v) is 3.24. The first-order valence-corrected chi connectivity index (χ1v) is 7.90. The standard InChI is InChI=1S/C17H25NO2/c1-2-3-4-5-13-6-8-14(9-7-13)15-10-11-16(17(19)20)18-12-15/h10-14H,2-9H2,1H3,(H,19,20). The summed E-state index contributed by atoms with van der Waals surface area (Å²) in [6, 6.07) is 3.57. The molecule has 0 amide bonds. The Bertz CT molecular complexity index is 419. The summed E-state index contributed by atoms with van der Waals surface area (Å²) in [6.07, 6.45) is 12.3. The molecule has 1 aromatic rings. The lowest BCUT2D eigenvalue weighted by molar-refractivity contribution is 0.0690. The van der Waals surface area contributed by atoms with E-state index < -0.39 is 5.97 Å². The molecule has 0 bridgehead atoms. The molecule has 0 aromatic carbocycles. The molecule has 0 spiro atoms. The number of nitrogens with zero attached hydrogens (tertiary/aromatic N) is 1. The van der Waals surface area contributed by atoms with Crippen molar-refractivity contribution in [1.29, 1.82) is 0 Å². The molecule has 1 aliphatic carbocycles. The Morgan fingerprint density at radius 3 is 2.55 bits per heavy atom. The van der Waals surface area contributed by atoms with E-state index >= 15 is 0 Å². The molecular weight excluding hydrogens is 250 g/mol. The third-order valence-corrected chi connectivity index (χ3v) is 4.54. The Labute approximate surface area is 121 Å². The van der Waals surface area contributed by atoms with Crippen LogP contribution in [0.5, 0.6) is 0 Å². The smallest absolute Gasteiger partial charge is 0.354 e. The maximum atomic E-state index is 10.8. The first-order chi connectivity index (χ1) is 9.70. The number of carboxylic acid groups (broad SMARTS) is 1. The lowest BCUT2D eigenvalue weighted by atomic mass is 9.77. The number of carbonyl (C=O) groups is 1. The van der Waals surface area contributed by atoms with E-state index in [1.165, 1.54) is 56.9 Å². The molecule has 110 valence electrons. The Morgan fingerprint density at radius 1 is 1.25 bits per heavy atom. The number of aromatic nitrogens is 1. The van der Waals surface area contributed by atoms with E-state index in [9.17, 15) is 4.79 Å². The van der Waals surface area contributed by atoms with Gasteiger partial charge in [0.15, 0.2) is 0 Å². The van der Waals surface area contributed by atoms with Crippen LogP contribution in [0.15, 0.2) is 18.3 Å². The van der Waals surface area contributed by atoms with Crippen LogP contribution in [0.25, 0.3) is 0 Å². The average molecular weight is 275 g/mol. The molecule has 1 heterocycles. The average Bonchev–Trinajstić information content (AvgIpc) is 2.48. The molecule has 0 unspecified atom stereocenters. The number of rotatable bonds is 6. The number of pyridine rings is 1. The van der Waals surface area contributed by atoms with Crippen LogP contribution in [-0.4, -0.2) is 16.1 Å². The lowest BCUT2D eigenvalue weighted by Crippen LogP contribution is -2.14. The van der Waals surface area contributed by atoms with Crippen LogP contribution in [0, 0.1) is 5.92 Å². The quantitative estimate of drug-likeness (QED) is 0.770. The minimum Gasteiger partial charge on any atom is -0.477 e. The molecule has 3 heteroatoms. The second-order valence-corrected chi connectivity index (χ2v) is 6.00. The first kappa shape index (κ1) is 15.0. The van der Waals surface area contributed by atoms with Gasteiger partial charge in [0.2, 0.25) is 0 Å². The van der Waals surface area contributed by atoms with Crippen LogP contribution in [0.4, 0.5) is 0 Å². The van der Waals surface area contributed by atoms with E-state index in [0.29, 0.717) is 5.92 Å². The number of hydrogen-bond acceptors (Lipinski definition) is 2. The van der Waals surface area contributed by atoms with Crippen molar-refractivity contribution in [2.24, 2.45) is 5.92 Å². The van der Waals surface area contributed by atoms with E-state index in [2.05, 4.69) is 11.9 Å². The molecule has 0 saturated heterocycles. The van der Waals surface area contributed by atoms with Gasteiger partial charge in [-0.05, 0) is 49.1 Å². The van der Waals surface area contributed by atoms with E-state index in [4.69, 9.17) is 5.11 Å². The summed E-state index contributed by atoms with van der Waals surface area (Å²) in [5.74, 6) is 0.535. The summed E-state index contributed by atoms with van der Waals surface area (Å²) < 4.78 is 0. The molecule has 0 radical (unpaired) electrons. The molecule has 0 aliphatic heterocycles. The molecule has 1 aromatic heterocycles. The Balaban J connectivity index is 1.82. The van der Waals surface area contributed by atoms with Crippen molar-refractivity contribution in [2.45, 2.75) is 64.2 Å². The van der Waals surface area contributed by atoms with Gasteiger partial charge in [-0.25, -0.2) is 9.78 Å². The van der Waals surface area contributed by atoms with Crippen molar-refractivity contribution >= 4 is 5.97 Å². The van der Waals surface area contributed by atoms with Gasteiger partial charge >= 0.3 is 5.97 Å². The highest BCUT2D eigenvalue weighted by atomic mass is 16.4. The van der Waals surface area contributed by atoms with Crippen molar-refractivity contribution in [1.82, 2.24) is 4.98 Å². The maximum absolute atomic E-state index is 10.8. The minimum absolute atomic E-state index is 0.141. The SMILES string of the molecule is CCCCCC1CCC(c2ccc(C(=O)O)nc2)CC1. The van der Waals surface area contributed by atoms with Gasteiger partial charge in [-0.3, -0.25) is 0 Å². The molecule has 1 fully saturated rings. The van der Waals surface area contributed by atoms with Gasteiger partial charge in [-0.15, -0.1) is 0 Å². The number of unbranched alkanes of at least 4 members (excludes halogenated alkanes) is 2. The zero-order valence-corrected chi connectivity index (χ0v) is 12.3. The van der Waals surface area contributed by atoms with Crippen LogP contribution in [0.3, 0.4) is 0 Å². The fraction of sp³-hybridized carbons (Fsp3) is 0.647. The van der Waals surface area contributed by atoms with Gasteiger partial charge in [-0.2, -0.15) is 0 Å². The molecule has 1 aliphatic rings. The highest BCUT2D eigenvalue weighted by molar-refractivity contribution is 5.85. The molecule has 1 N–H and O–H groups in total. The molecule has 0 atom stereocenters. The largest absolute Gasteiger partial charge is 0.477 e. The van der Waals surface area contributed by atoms with E-state index in [1.54, 1.807) is 12.3 Å². The molecular formula is C17H25NO2. The van der Waals surface area contributed by atoms with E-state index in [-0.39, 0.29) is 5.69 Å². The monoisotopic (exact) mass is 275 g/mol. The third kappa shape index (κ3) is 4.06. The molecule has 1 saturated carbocycles. The number of aromatic carboxylic acids is 1. The second-order valence-electron chi connectivity index (χ2n) is 6.00. The normalized spacial score (nSPS) is 22.6. The maximum Gasteiger partial charge on any atom is 0.354 e. The van der Waals surface area contributed by atoms with Crippen LogP contribution >= 0.6 is 0 Å². The highest BCUT2D eigenvalue weighted by Gasteiger charge is 2.22. The van der Waals surface area contributed by atoms with Gasteiger partial charge in [-0.1, -0.05) is 38.7 Å².